The van der Waals surface area contributed by atoms with Crippen molar-refractivity contribution in [3.8, 4) is 17.6 Å². The van der Waals surface area contributed by atoms with Gasteiger partial charge in [-0.25, -0.2) is 0 Å². The molecule has 1 aromatic carbocycles. The number of hydrogen-bond donors (Lipinski definition) is 1. The van der Waals surface area contributed by atoms with Crippen LogP contribution in [0.1, 0.15) is 18.0 Å². The minimum absolute atomic E-state index is 0.0614. The van der Waals surface area contributed by atoms with Crippen molar-refractivity contribution in [2.75, 3.05) is 40.4 Å². The second-order valence-electron chi connectivity index (χ2n) is 4.89. The Morgan fingerprint density at radius 2 is 1.90 bits per heavy atom. The van der Waals surface area contributed by atoms with Gasteiger partial charge in [-0.1, -0.05) is 15.9 Å². The summed E-state index contributed by atoms with van der Waals surface area (Å²) in [6.07, 6.45) is 0.452. The van der Waals surface area contributed by atoms with Gasteiger partial charge in [-0.2, -0.15) is 5.26 Å². The number of halogens is 1. The summed E-state index contributed by atoms with van der Waals surface area (Å²) in [6, 6.07) is 6.23. The predicted octanol–water partition coefficient (Wildman–Crippen LogP) is 2.33. The summed E-state index contributed by atoms with van der Waals surface area (Å²) in [7, 11) is 3.24. The molecule has 0 unspecified atom stereocenters. The van der Waals surface area contributed by atoms with Crippen LogP contribution in [0.4, 0.5) is 0 Å². The maximum Gasteiger partial charge on any atom is 0.161 e. The predicted molar refractivity (Wildman–Crippen MR) is 84.7 cm³/mol. The van der Waals surface area contributed by atoms with E-state index in [9.17, 15) is 5.26 Å². The van der Waals surface area contributed by atoms with Crippen LogP contribution in [0.3, 0.4) is 0 Å². The Morgan fingerprint density at radius 1 is 1.29 bits per heavy atom. The molecule has 0 bridgehead atoms. The Bertz CT molecular complexity index is 524. The standard InChI is InChI=1S/C15H20BrN3O2/c1-20-14-9-11(12(16)10-15(14)21-2)13(3-4-17)19-7-5-18-6-8-19/h9-10,13,18H,3,5-8H2,1-2H3/t13-/m1/s1. The second kappa shape index (κ2) is 7.64. The molecule has 1 saturated heterocycles. The molecule has 1 aliphatic rings. The van der Waals surface area contributed by atoms with Crippen molar-refractivity contribution < 1.29 is 9.47 Å². The number of piperazine rings is 1. The fraction of sp³-hybridized carbons (Fsp3) is 0.533. The van der Waals surface area contributed by atoms with E-state index in [1.54, 1.807) is 14.2 Å². The molecule has 5 nitrogen and oxygen atoms in total. The third-order valence-corrected chi connectivity index (χ3v) is 4.43. The molecule has 0 aromatic heterocycles. The van der Waals surface area contributed by atoms with Crippen LogP contribution in [0.25, 0.3) is 0 Å². The highest BCUT2D eigenvalue weighted by Crippen LogP contribution is 2.38. The lowest BCUT2D eigenvalue weighted by molar-refractivity contribution is 0.175. The summed E-state index contributed by atoms with van der Waals surface area (Å²) < 4.78 is 11.6. The summed E-state index contributed by atoms with van der Waals surface area (Å²) in [5, 5.41) is 12.5. The lowest BCUT2D eigenvalue weighted by Gasteiger charge is -2.34. The first-order valence-electron chi connectivity index (χ1n) is 6.94. The average molecular weight is 354 g/mol. The second-order valence-corrected chi connectivity index (χ2v) is 5.75. The molecule has 1 aliphatic heterocycles. The summed E-state index contributed by atoms with van der Waals surface area (Å²) >= 11 is 3.60. The molecule has 6 heteroatoms. The maximum atomic E-state index is 9.18. The Balaban J connectivity index is 2.37. The van der Waals surface area contributed by atoms with E-state index < -0.39 is 0 Å². The van der Waals surface area contributed by atoms with Crippen molar-refractivity contribution in [1.29, 1.82) is 5.26 Å². The highest BCUT2D eigenvalue weighted by atomic mass is 79.9. The molecule has 114 valence electrons. The molecule has 1 atom stereocenters. The number of methoxy groups -OCH3 is 2. The lowest BCUT2D eigenvalue weighted by Crippen LogP contribution is -2.45. The first-order chi connectivity index (χ1) is 10.2. The van der Waals surface area contributed by atoms with Crippen molar-refractivity contribution in [2.45, 2.75) is 12.5 Å². The molecule has 0 amide bonds. The van der Waals surface area contributed by atoms with Gasteiger partial charge in [0.25, 0.3) is 0 Å². The van der Waals surface area contributed by atoms with E-state index in [2.05, 4.69) is 32.2 Å². The van der Waals surface area contributed by atoms with Gasteiger partial charge in [0.15, 0.2) is 11.5 Å². The van der Waals surface area contributed by atoms with E-state index >= 15 is 0 Å². The fourth-order valence-electron chi connectivity index (χ4n) is 2.64. The van der Waals surface area contributed by atoms with Gasteiger partial charge in [-0.05, 0) is 17.7 Å². The molecule has 0 spiro atoms. The number of nitriles is 1. The van der Waals surface area contributed by atoms with Crippen LogP contribution in [-0.4, -0.2) is 45.3 Å². The van der Waals surface area contributed by atoms with E-state index in [-0.39, 0.29) is 6.04 Å². The SMILES string of the molecule is COc1cc(Br)c([C@@H](CC#N)N2CCNCC2)cc1OC. The molecule has 1 fully saturated rings. The quantitative estimate of drug-likeness (QED) is 0.880. The number of nitrogens with one attached hydrogen (secondary N) is 1. The summed E-state index contributed by atoms with van der Waals surface area (Å²) in [4.78, 5) is 2.34. The zero-order chi connectivity index (χ0) is 15.2. The van der Waals surface area contributed by atoms with Gasteiger partial charge >= 0.3 is 0 Å². The van der Waals surface area contributed by atoms with Gasteiger partial charge in [-0.3, -0.25) is 4.90 Å². The van der Waals surface area contributed by atoms with Gasteiger partial charge in [0.2, 0.25) is 0 Å². The number of rotatable bonds is 5. The van der Waals surface area contributed by atoms with Crippen molar-refractivity contribution in [3.63, 3.8) is 0 Å². The number of nitrogens with zero attached hydrogens (tertiary/aromatic N) is 2. The maximum absolute atomic E-state index is 9.18. The van der Waals surface area contributed by atoms with Gasteiger partial charge in [-0.15, -0.1) is 0 Å². The third-order valence-electron chi connectivity index (χ3n) is 3.74. The molecule has 1 heterocycles. The van der Waals surface area contributed by atoms with Crippen LogP contribution < -0.4 is 14.8 Å². The largest absolute Gasteiger partial charge is 0.493 e. The fourth-order valence-corrected chi connectivity index (χ4v) is 3.23. The van der Waals surface area contributed by atoms with Gasteiger partial charge < -0.3 is 14.8 Å². The van der Waals surface area contributed by atoms with Gasteiger partial charge in [0, 0.05) is 36.7 Å². The van der Waals surface area contributed by atoms with E-state index in [4.69, 9.17) is 9.47 Å². The Labute approximate surface area is 134 Å². The molecule has 1 aromatic rings. The average Bonchev–Trinajstić information content (AvgIpc) is 2.53. The van der Waals surface area contributed by atoms with E-state index in [1.165, 1.54) is 0 Å². The molecular formula is C15H20BrN3O2. The topological polar surface area (TPSA) is 57.5 Å². The highest BCUT2D eigenvalue weighted by molar-refractivity contribution is 9.10. The number of hydrogen-bond acceptors (Lipinski definition) is 5. The molecule has 0 aliphatic carbocycles. The van der Waals surface area contributed by atoms with Gasteiger partial charge in [0.05, 0.1) is 26.7 Å². The normalized spacial score (nSPS) is 17.0. The lowest BCUT2D eigenvalue weighted by atomic mass is 10.0. The Hall–Kier alpha value is -1.29. The van der Waals surface area contributed by atoms with Gasteiger partial charge in [0.1, 0.15) is 0 Å². The molecule has 2 rings (SSSR count). The molecule has 1 N–H and O–H groups in total. The Kier molecular flexibility index (Phi) is 5.85. The number of ether oxygens (including phenoxy) is 2. The van der Waals surface area contributed by atoms with Crippen LogP contribution in [0.2, 0.25) is 0 Å². The van der Waals surface area contributed by atoms with Crippen molar-refractivity contribution in [1.82, 2.24) is 10.2 Å². The zero-order valence-electron chi connectivity index (χ0n) is 12.4. The van der Waals surface area contributed by atoms with Crippen molar-refractivity contribution in [2.24, 2.45) is 0 Å². The highest BCUT2D eigenvalue weighted by Gasteiger charge is 2.25. The van der Waals surface area contributed by atoms with E-state index in [1.807, 2.05) is 12.1 Å². The molecular weight excluding hydrogens is 334 g/mol. The molecule has 0 saturated carbocycles. The van der Waals surface area contributed by atoms with E-state index in [0.29, 0.717) is 17.9 Å². The summed E-state index contributed by atoms with van der Waals surface area (Å²) in [5.74, 6) is 1.37. The molecule has 21 heavy (non-hydrogen) atoms. The number of benzene rings is 1. The van der Waals surface area contributed by atoms with Crippen LogP contribution in [-0.2, 0) is 0 Å². The summed E-state index contributed by atoms with van der Waals surface area (Å²) in [6.45, 7) is 3.78. The van der Waals surface area contributed by atoms with Crippen LogP contribution >= 0.6 is 15.9 Å². The zero-order valence-corrected chi connectivity index (χ0v) is 13.9. The third kappa shape index (κ3) is 3.67. The van der Waals surface area contributed by atoms with Crippen LogP contribution in [0.15, 0.2) is 16.6 Å². The smallest absolute Gasteiger partial charge is 0.161 e. The van der Waals surface area contributed by atoms with Crippen LogP contribution in [0, 0.1) is 11.3 Å². The first kappa shape index (κ1) is 16.1. The minimum atomic E-state index is 0.0614. The monoisotopic (exact) mass is 353 g/mol. The summed E-state index contributed by atoms with van der Waals surface area (Å²) in [5.41, 5.74) is 1.07. The Morgan fingerprint density at radius 3 is 2.48 bits per heavy atom. The minimum Gasteiger partial charge on any atom is -0.493 e. The van der Waals surface area contributed by atoms with Crippen LogP contribution in [0.5, 0.6) is 11.5 Å². The first-order valence-corrected chi connectivity index (χ1v) is 7.73. The molecule has 0 radical (unpaired) electrons. The van der Waals surface area contributed by atoms with Crippen molar-refractivity contribution >= 4 is 15.9 Å². The van der Waals surface area contributed by atoms with E-state index in [0.717, 1.165) is 36.2 Å². The van der Waals surface area contributed by atoms with Crippen molar-refractivity contribution in [3.05, 3.63) is 22.2 Å².